The molecule has 0 N–H and O–H groups in total. The van der Waals surface area contributed by atoms with E-state index in [4.69, 9.17) is 0 Å². The first-order valence-electron chi connectivity index (χ1n) is 4.55. The van der Waals surface area contributed by atoms with Crippen LogP contribution in [0.1, 0.15) is 18.4 Å². The lowest BCUT2D eigenvalue weighted by Crippen LogP contribution is -2.00. The summed E-state index contributed by atoms with van der Waals surface area (Å²) >= 11 is 3.36. The molecule has 0 amide bonds. The second-order valence-electron chi connectivity index (χ2n) is 3.14. The second-order valence-corrected chi connectivity index (χ2v) is 4.06. The van der Waals surface area contributed by atoms with E-state index in [0.717, 1.165) is 17.3 Å². The molecule has 0 aliphatic carbocycles. The summed E-state index contributed by atoms with van der Waals surface area (Å²) in [7, 11) is 0. The molecule has 0 saturated carbocycles. The molecule has 0 radical (unpaired) electrons. The maximum absolute atomic E-state index is 10.1. The summed E-state index contributed by atoms with van der Waals surface area (Å²) < 4.78 is 1.06. The average Bonchev–Trinajstić information content (AvgIpc) is 2.15. The van der Waals surface area contributed by atoms with E-state index in [0.29, 0.717) is 6.42 Å². The van der Waals surface area contributed by atoms with E-state index >= 15 is 0 Å². The van der Waals surface area contributed by atoms with Gasteiger partial charge in [0.1, 0.15) is 0 Å². The van der Waals surface area contributed by atoms with Gasteiger partial charge in [-0.2, -0.15) is 0 Å². The number of halogens is 1. The van der Waals surface area contributed by atoms with Crippen molar-refractivity contribution in [3.05, 3.63) is 44.4 Å². The normalized spacial score (nSPS) is 10.1. The van der Waals surface area contributed by atoms with Gasteiger partial charge in [0.2, 0.25) is 6.54 Å². The number of rotatable bonds is 5. The van der Waals surface area contributed by atoms with Gasteiger partial charge in [0.15, 0.2) is 0 Å². The van der Waals surface area contributed by atoms with Gasteiger partial charge >= 0.3 is 0 Å². The Morgan fingerprint density at radius 2 is 1.86 bits per heavy atom. The van der Waals surface area contributed by atoms with Crippen LogP contribution in [0.15, 0.2) is 28.7 Å². The highest BCUT2D eigenvalue weighted by Gasteiger charge is 1.98. The molecule has 76 valence electrons. The Kier molecular flexibility index (Phi) is 4.59. The second kappa shape index (κ2) is 5.75. The minimum Gasteiger partial charge on any atom is -0.265 e. The molecular weight excluding hydrogens is 246 g/mol. The van der Waals surface area contributed by atoms with Crippen molar-refractivity contribution in [2.45, 2.75) is 19.3 Å². The summed E-state index contributed by atoms with van der Waals surface area (Å²) in [6.07, 6.45) is 2.45. The predicted octanol–water partition coefficient (Wildman–Crippen LogP) is 3.05. The zero-order valence-electron chi connectivity index (χ0n) is 7.78. The lowest BCUT2D eigenvalue weighted by molar-refractivity contribution is -0.480. The minimum atomic E-state index is -0.262. The zero-order valence-corrected chi connectivity index (χ0v) is 9.37. The van der Waals surface area contributed by atoms with Gasteiger partial charge in [0.05, 0.1) is 0 Å². The summed E-state index contributed by atoms with van der Waals surface area (Å²) in [4.78, 5) is 9.79. The topological polar surface area (TPSA) is 43.1 Å². The van der Waals surface area contributed by atoms with Gasteiger partial charge in [0, 0.05) is 15.8 Å². The van der Waals surface area contributed by atoms with Crippen LogP contribution in [0.2, 0.25) is 0 Å². The molecule has 0 heterocycles. The van der Waals surface area contributed by atoms with Gasteiger partial charge in [-0.25, -0.2) is 0 Å². The van der Waals surface area contributed by atoms with Gasteiger partial charge in [-0.05, 0) is 30.5 Å². The molecule has 0 aliphatic heterocycles. The molecule has 14 heavy (non-hydrogen) atoms. The van der Waals surface area contributed by atoms with E-state index in [9.17, 15) is 10.1 Å². The Balaban J connectivity index is 2.25. The van der Waals surface area contributed by atoms with E-state index < -0.39 is 0 Å². The first-order valence-corrected chi connectivity index (χ1v) is 5.34. The molecule has 0 spiro atoms. The Morgan fingerprint density at radius 3 is 2.43 bits per heavy atom. The highest BCUT2D eigenvalue weighted by molar-refractivity contribution is 9.10. The number of hydrogen-bond acceptors (Lipinski definition) is 2. The van der Waals surface area contributed by atoms with Crippen molar-refractivity contribution in [3.8, 4) is 0 Å². The van der Waals surface area contributed by atoms with Gasteiger partial charge < -0.3 is 0 Å². The SMILES string of the molecule is O=[N+]([O-])CCCCc1ccc(Br)cc1. The first-order chi connectivity index (χ1) is 6.68. The molecule has 0 aromatic heterocycles. The van der Waals surface area contributed by atoms with Gasteiger partial charge in [-0.1, -0.05) is 28.1 Å². The van der Waals surface area contributed by atoms with Crippen LogP contribution < -0.4 is 0 Å². The van der Waals surface area contributed by atoms with Crippen LogP contribution in [-0.2, 0) is 6.42 Å². The molecule has 0 saturated heterocycles. The van der Waals surface area contributed by atoms with Gasteiger partial charge in [0.25, 0.3) is 0 Å². The third kappa shape index (κ3) is 4.37. The molecule has 0 atom stereocenters. The molecule has 0 unspecified atom stereocenters. The van der Waals surface area contributed by atoms with Crippen LogP contribution in [0.4, 0.5) is 0 Å². The standard InChI is InChI=1S/C10H12BrNO2/c11-10-6-4-9(5-7-10)3-1-2-8-12(13)14/h4-7H,1-3,8H2. The minimum absolute atomic E-state index is 0.0799. The van der Waals surface area contributed by atoms with Crippen LogP contribution in [0.25, 0.3) is 0 Å². The van der Waals surface area contributed by atoms with E-state index in [-0.39, 0.29) is 11.5 Å². The predicted molar refractivity (Wildman–Crippen MR) is 58.9 cm³/mol. The van der Waals surface area contributed by atoms with Crippen LogP contribution in [-0.4, -0.2) is 11.5 Å². The average molecular weight is 258 g/mol. The van der Waals surface area contributed by atoms with Crippen LogP contribution in [0.5, 0.6) is 0 Å². The summed E-state index contributed by atoms with van der Waals surface area (Å²) in [6, 6.07) is 8.05. The molecule has 0 bridgehead atoms. The monoisotopic (exact) mass is 257 g/mol. The highest BCUT2D eigenvalue weighted by Crippen LogP contribution is 2.12. The lowest BCUT2D eigenvalue weighted by Gasteiger charge is -1.99. The molecule has 3 nitrogen and oxygen atoms in total. The van der Waals surface area contributed by atoms with Crippen molar-refractivity contribution in [3.63, 3.8) is 0 Å². The summed E-state index contributed by atoms with van der Waals surface area (Å²) in [6.45, 7) is 0.0799. The summed E-state index contributed by atoms with van der Waals surface area (Å²) in [5, 5.41) is 10.1. The van der Waals surface area contributed by atoms with E-state index in [1.165, 1.54) is 5.56 Å². The quantitative estimate of drug-likeness (QED) is 0.462. The number of nitrogens with zero attached hydrogens (tertiary/aromatic N) is 1. The Bertz CT molecular complexity index is 297. The Hall–Kier alpha value is -0.900. The zero-order chi connectivity index (χ0) is 10.4. The number of hydrogen-bond donors (Lipinski definition) is 0. The third-order valence-electron chi connectivity index (χ3n) is 1.97. The Labute approximate surface area is 91.4 Å². The molecule has 0 fully saturated rings. The summed E-state index contributed by atoms with van der Waals surface area (Å²) in [5.41, 5.74) is 1.23. The van der Waals surface area contributed by atoms with Crippen molar-refractivity contribution >= 4 is 15.9 Å². The van der Waals surface area contributed by atoms with Crippen molar-refractivity contribution in [1.82, 2.24) is 0 Å². The van der Waals surface area contributed by atoms with Crippen molar-refractivity contribution in [2.24, 2.45) is 0 Å². The molecule has 0 aliphatic rings. The van der Waals surface area contributed by atoms with Gasteiger partial charge in [-0.3, -0.25) is 10.1 Å². The molecule has 1 rings (SSSR count). The molecule has 1 aromatic carbocycles. The van der Waals surface area contributed by atoms with Crippen LogP contribution >= 0.6 is 15.9 Å². The largest absolute Gasteiger partial charge is 0.265 e. The maximum Gasteiger partial charge on any atom is 0.203 e. The fourth-order valence-corrected chi connectivity index (χ4v) is 1.49. The maximum atomic E-state index is 10.1. The fraction of sp³-hybridized carbons (Fsp3) is 0.400. The fourth-order valence-electron chi connectivity index (χ4n) is 1.22. The van der Waals surface area contributed by atoms with E-state index in [1.54, 1.807) is 0 Å². The number of aryl methyl sites for hydroxylation is 1. The third-order valence-corrected chi connectivity index (χ3v) is 2.50. The summed E-state index contributed by atoms with van der Waals surface area (Å²) in [5.74, 6) is 0. The van der Waals surface area contributed by atoms with Gasteiger partial charge in [-0.15, -0.1) is 0 Å². The molecular formula is C10H12BrNO2. The first kappa shape index (κ1) is 11.2. The number of unbranched alkanes of at least 4 members (excludes halogenated alkanes) is 1. The number of nitro groups is 1. The molecule has 1 aromatic rings. The van der Waals surface area contributed by atoms with Crippen molar-refractivity contribution < 1.29 is 4.92 Å². The Morgan fingerprint density at radius 1 is 1.21 bits per heavy atom. The molecule has 4 heteroatoms. The lowest BCUT2D eigenvalue weighted by atomic mass is 10.1. The number of benzene rings is 1. The van der Waals surface area contributed by atoms with E-state index in [2.05, 4.69) is 15.9 Å². The smallest absolute Gasteiger partial charge is 0.203 e. The van der Waals surface area contributed by atoms with Crippen LogP contribution in [0, 0.1) is 10.1 Å². The van der Waals surface area contributed by atoms with Crippen LogP contribution in [0.3, 0.4) is 0 Å². The highest BCUT2D eigenvalue weighted by atomic mass is 79.9. The van der Waals surface area contributed by atoms with Crippen molar-refractivity contribution in [2.75, 3.05) is 6.54 Å². The van der Waals surface area contributed by atoms with Crippen molar-refractivity contribution in [1.29, 1.82) is 0 Å². The van der Waals surface area contributed by atoms with E-state index in [1.807, 2.05) is 24.3 Å².